The molecule has 2 aromatic rings. The van der Waals surface area contributed by atoms with Crippen LogP contribution in [0.4, 0.5) is 0 Å². The van der Waals surface area contributed by atoms with Crippen LogP contribution < -0.4 is 15.4 Å². The van der Waals surface area contributed by atoms with Crippen molar-refractivity contribution in [2.75, 3.05) is 27.0 Å². The molecule has 0 saturated carbocycles. The van der Waals surface area contributed by atoms with Gasteiger partial charge in [-0.15, -0.1) is 24.0 Å². The molecule has 6 nitrogen and oxygen atoms in total. The van der Waals surface area contributed by atoms with E-state index in [9.17, 15) is 8.42 Å². The molecule has 27 heavy (non-hydrogen) atoms. The lowest BCUT2D eigenvalue weighted by atomic mass is 10.1. The van der Waals surface area contributed by atoms with Gasteiger partial charge in [0.15, 0.2) is 15.8 Å². The van der Waals surface area contributed by atoms with Gasteiger partial charge in [-0.1, -0.05) is 30.3 Å². The zero-order valence-corrected chi connectivity index (χ0v) is 18.9. The van der Waals surface area contributed by atoms with Crippen molar-refractivity contribution in [3.63, 3.8) is 0 Å². The molecule has 8 heteroatoms. The summed E-state index contributed by atoms with van der Waals surface area (Å²) in [4.78, 5) is 4.52. The summed E-state index contributed by atoms with van der Waals surface area (Å²) in [5, 5.41) is 6.48. The first-order chi connectivity index (χ1) is 12.4. The number of sulfone groups is 1. The molecule has 0 aromatic heterocycles. The van der Waals surface area contributed by atoms with Gasteiger partial charge in [-0.3, -0.25) is 4.99 Å². The maximum atomic E-state index is 11.5. The molecule has 0 aliphatic carbocycles. The summed E-state index contributed by atoms with van der Waals surface area (Å²) in [6.07, 6.45) is 2.02. The van der Waals surface area contributed by atoms with Gasteiger partial charge in [0, 0.05) is 26.4 Å². The number of hydrogen-bond acceptors (Lipinski definition) is 4. The fourth-order valence-corrected chi connectivity index (χ4v) is 3.12. The molecule has 2 aromatic carbocycles. The Hall–Kier alpha value is -1.81. The number of rotatable bonds is 7. The van der Waals surface area contributed by atoms with Crippen LogP contribution in [0.15, 0.2) is 58.4 Å². The number of methoxy groups -OCH3 is 1. The van der Waals surface area contributed by atoms with Crippen LogP contribution in [0.5, 0.6) is 5.75 Å². The van der Waals surface area contributed by atoms with Crippen molar-refractivity contribution in [1.29, 1.82) is 0 Å². The molecular weight excluding hydrogens is 477 g/mol. The van der Waals surface area contributed by atoms with Crippen LogP contribution in [0, 0.1) is 0 Å². The molecule has 148 valence electrons. The number of benzene rings is 2. The number of nitrogens with one attached hydrogen (secondary N) is 2. The lowest BCUT2D eigenvalue weighted by Gasteiger charge is -2.13. The van der Waals surface area contributed by atoms with Gasteiger partial charge in [-0.25, -0.2) is 8.42 Å². The molecule has 0 bridgehead atoms. The topological polar surface area (TPSA) is 79.8 Å². The molecular formula is C19H26IN3O3S. The summed E-state index contributed by atoms with van der Waals surface area (Å²) in [5.74, 6) is 1.57. The number of para-hydroxylation sites is 1. The molecule has 0 aliphatic rings. The summed E-state index contributed by atoms with van der Waals surface area (Å²) in [6.45, 7) is 1.27. The van der Waals surface area contributed by atoms with Crippen molar-refractivity contribution in [3.8, 4) is 5.75 Å². The van der Waals surface area contributed by atoms with Crippen LogP contribution in [0.2, 0.25) is 0 Å². The van der Waals surface area contributed by atoms with Crippen LogP contribution in [0.25, 0.3) is 0 Å². The normalized spacial score (nSPS) is 11.4. The average molecular weight is 503 g/mol. The predicted octanol–water partition coefficient (Wildman–Crippen LogP) is 2.62. The molecule has 0 spiro atoms. The second kappa shape index (κ2) is 11.1. The van der Waals surface area contributed by atoms with E-state index in [-0.39, 0.29) is 24.0 Å². The minimum absolute atomic E-state index is 0. The standard InChI is InChI=1S/C19H25N3O3S.HI/c1-20-19(21-13-12-16-6-4-5-7-18(16)25-2)22-14-15-8-10-17(11-9-15)26(3,23)24;/h4-11H,12-14H2,1-3H3,(H2,20,21,22);1H. The first kappa shape index (κ1) is 23.2. The van der Waals surface area contributed by atoms with Gasteiger partial charge in [0.1, 0.15) is 5.75 Å². The lowest BCUT2D eigenvalue weighted by Crippen LogP contribution is -2.37. The van der Waals surface area contributed by atoms with Gasteiger partial charge >= 0.3 is 0 Å². The third-order valence-corrected chi connectivity index (χ3v) is 5.04. The van der Waals surface area contributed by atoms with Crippen LogP contribution in [-0.2, 0) is 22.8 Å². The largest absolute Gasteiger partial charge is 0.496 e. The Bertz CT molecular complexity index is 853. The summed E-state index contributed by atoms with van der Waals surface area (Å²) in [5.41, 5.74) is 2.11. The highest BCUT2D eigenvalue weighted by Crippen LogP contribution is 2.17. The number of ether oxygens (including phenoxy) is 1. The van der Waals surface area contributed by atoms with Gasteiger partial charge < -0.3 is 15.4 Å². The first-order valence-electron chi connectivity index (χ1n) is 8.29. The second-order valence-electron chi connectivity index (χ2n) is 5.83. The van der Waals surface area contributed by atoms with Crippen molar-refractivity contribution >= 4 is 39.8 Å². The molecule has 2 rings (SSSR count). The summed E-state index contributed by atoms with van der Waals surface area (Å²) in [6, 6.07) is 14.8. The summed E-state index contributed by atoms with van der Waals surface area (Å²) in [7, 11) is 0.216. The number of hydrogen-bond donors (Lipinski definition) is 2. The van der Waals surface area contributed by atoms with Crippen molar-refractivity contribution in [3.05, 3.63) is 59.7 Å². The van der Waals surface area contributed by atoms with E-state index in [1.165, 1.54) is 6.26 Å². The maximum absolute atomic E-state index is 11.5. The van der Waals surface area contributed by atoms with Gasteiger partial charge in [0.2, 0.25) is 0 Å². The Morgan fingerprint density at radius 2 is 1.74 bits per heavy atom. The molecule has 0 fully saturated rings. The molecule has 0 unspecified atom stereocenters. The third-order valence-electron chi connectivity index (χ3n) is 3.91. The molecule has 0 radical (unpaired) electrons. The first-order valence-corrected chi connectivity index (χ1v) is 10.2. The molecule has 0 saturated heterocycles. The van der Waals surface area contributed by atoms with Crippen molar-refractivity contribution < 1.29 is 13.2 Å². The minimum Gasteiger partial charge on any atom is -0.496 e. The van der Waals surface area contributed by atoms with E-state index in [4.69, 9.17) is 4.74 Å². The zero-order chi connectivity index (χ0) is 19.0. The summed E-state index contributed by atoms with van der Waals surface area (Å²) < 4.78 is 28.3. The van der Waals surface area contributed by atoms with E-state index in [2.05, 4.69) is 15.6 Å². The van der Waals surface area contributed by atoms with E-state index >= 15 is 0 Å². The second-order valence-corrected chi connectivity index (χ2v) is 7.85. The van der Waals surface area contributed by atoms with E-state index in [0.717, 1.165) is 23.3 Å². The third kappa shape index (κ3) is 7.37. The van der Waals surface area contributed by atoms with Gasteiger partial charge in [-0.05, 0) is 35.7 Å². The Balaban J connectivity index is 0.00000364. The molecule has 0 heterocycles. The molecule has 0 atom stereocenters. The summed E-state index contributed by atoms with van der Waals surface area (Å²) >= 11 is 0. The number of nitrogens with zero attached hydrogens (tertiary/aromatic N) is 1. The quantitative estimate of drug-likeness (QED) is 0.345. The number of halogens is 1. The van der Waals surface area contributed by atoms with Crippen molar-refractivity contribution in [2.24, 2.45) is 4.99 Å². The van der Waals surface area contributed by atoms with Crippen LogP contribution in [0.1, 0.15) is 11.1 Å². The Morgan fingerprint density at radius 3 is 2.33 bits per heavy atom. The minimum atomic E-state index is -3.17. The average Bonchev–Trinajstić information content (AvgIpc) is 2.64. The van der Waals surface area contributed by atoms with Gasteiger partial charge in [0.25, 0.3) is 0 Å². The van der Waals surface area contributed by atoms with Crippen LogP contribution >= 0.6 is 24.0 Å². The Morgan fingerprint density at radius 1 is 1.07 bits per heavy atom. The van der Waals surface area contributed by atoms with Crippen molar-refractivity contribution in [1.82, 2.24) is 10.6 Å². The highest BCUT2D eigenvalue weighted by Gasteiger charge is 2.06. The smallest absolute Gasteiger partial charge is 0.191 e. The van der Waals surface area contributed by atoms with Crippen molar-refractivity contribution in [2.45, 2.75) is 17.9 Å². The monoisotopic (exact) mass is 503 g/mol. The molecule has 0 amide bonds. The highest BCUT2D eigenvalue weighted by molar-refractivity contribution is 14.0. The van der Waals surface area contributed by atoms with Gasteiger partial charge in [0.05, 0.1) is 12.0 Å². The zero-order valence-electron chi connectivity index (χ0n) is 15.7. The predicted molar refractivity (Wildman–Crippen MR) is 120 cm³/mol. The van der Waals surface area contributed by atoms with Crippen LogP contribution in [-0.4, -0.2) is 41.3 Å². The molecule has 2 N–H and O–H groups in total. The van der Waals surface area contributed by atoms with E-state index in [1.54, 1.807) is 38.4 Å². The lowest BCUT2D eigenvalue weighted by molar-refractivity contribution is 0.409. The number of guanidine groups is 1. The highest BCUT2D eigenvalue weighted by atomic mass is 127. The van der Waals surface area contributed by atoms with E-state index in [0.29, 0.717) is 23.9 Å². The van der Waals surface area contributed by atoms with Gasteiger partial charge in [-0.2, -0.15) is 0 Å². The maximum Gasteiger partial charge on any atom is 0.191 e. The molecule has 0 aliphatic heterocycles. The Labute approximate surface area is 178 Å². The fraction of sp³-hybridized carbons (Fsp3) is 0.316. The number of aliphatic imine (C=N–C) groups is 1. The SMILES string of the molecule is CN=C(NCCc1ccccc1OC)NCc1ccc(S(C)(=O)=O)cc1.I. The van der Waals surface area contributed by atoms with E-state index in [1.807, 2.05) is 24.3 Å². The fourth-order valence-electron chi connectivity index (χ4n) is 2.49. The van der Waals surface area contributed by atoms with Crippen LogP contribution in [0.3, 0.4) is 0 Å². The van der Waals surface area contributed by atoms with E-state index < -0.39 is 9.84 Å². The Kier molecular flexibility index (Phi) is 9.57.